The fraction of sp³-hybridized carbons (Fsp3) is 0.200. The SMILES string of the molecule is Cc1ccc(CC(N)c2cc(F)c(F)cc2Cl)cc1. The number of rotatable bonds is 3. The number of halogens is 3. The first-order chi connectivity index (χ1) is 8.97. The maximum atomic E-state index is 13.2. The van der Waals surface area contributed by atoms with Crippen LogP contribution >= 0.6 is 11.6 Å². The highest BCUT2D eigenvalue weighted by Crippen LogP contribution is 2.26. The third kappa shape index (κ3) is 3.31. The topological polar surface area (TPSA) is 26.0 Å². The van der Waals surface area contributed by atoms with Crippen LogP contribution in [0.15, 0.2) is 36.4 Å². The van der Waals surface area contributed by atoms with Crippen LogP contribution in [0.3, 0.4) is 0 Å². The molecule has 4 heteroatoms. The molecule has 0 heterocycles. The summed E-state index contributed by atoms with van der Waals surface area (Å²) in [5.41, 5.74) is 8.61. The Morgan fingerprint density at radius 2 is 1.68 bits per heavy atom. The Hall–Kier alpha value is -1.45. The summed E-state index contributed by atoms with van der Waals surface area (Å²) in [5.74, 6) is -1.89. The highest BCUT2D eigenvalue weighted by Gasteiger charge is 2.15. The van der Waals surface area contributed by atoms with Gasteiger partial charge in [-0.3, -0.25) is 0 Å². The van der Waals surface area contributed by atoms with Crippen LogP contribution in [0.5, 0.6) is 0 Å². The van der Waals surface area contributed by atoms with E-state index in [-0.39, 0.29) is 5.02 Å². The van der Waals surface area contributed by atoms with Crippen LogP contribution in [0.1, 0.15) is 22.7 Å². The van der Waals surface area contributed by atoms with Gasteiger partial charge in [-0.2, -0.15) is 0 Å². The summed E-state index contributed by atoms with van der Waals surface area (Å²) >= 11 is 5.90. The van der Waals surface area contributed by atoms with Gasteiger partial charge in [0, 0.05) is 11.1 Å². The van der Waals surface area contributed by atoms with E-state index in [0.29, 0.717) is 12.0 Å². The molecule has 2 aromatic carbocycles. The predicted molar refractivity (Wildman–Crippen MR) is 73.2 cm³/mol. The quantitative estimate of drug-likeness (QED) is 0.840. The molecule has 0 aliphatic carbocycles. The molecule has 0 aliphatic heterocycles. The first-order valence-corrected chi connectivity index (χ1v) is 6.30. The van der Waals surface area contributed by atoms with Crippen molar-refractivity contribution in [1.82, 2.24) is 0 Å². The summed E-state index contributed by atoms with van der Waals surface area (Å²) in [4.78, 5) is 0. The number of benzene rings is 2. The van der Waals surface area contributed by atoms with E-state index in [1.54, 1.807) is 0 Å². The van der Waals surface area contributed by atoms with Gasteiger partial charge in [0.2, 0.25) is 0 Å². The summed E-state index contributed by atoms with van der Waals surface area (Å²) in [5, 5.41) is 0.151. The molecule has 0 saturated carbocycles. The molecule has 0 amide bonds. The van der Waals surface area contributed by atoms with Gasteiger partial charge in [-0.1, -0.05) is 41.4 Å². The van der Waals surface area contributed by atoms with Crippen molar-refractivity contribution < 1.29 is 8.78 Å². The van der Waals surface area contributed by atoms with Gasteiger partial charge in [-0.15, -0.1) is 0 Å². The largest absolute Gasteiger partial charge is 0.324 e. The minimum absolute atomic E-state index is 0.151. The second kappa shape index (κ2) is 5.68. The highest BCUT2D eigenvalue weighted by molar-refractivity contribution is 6.31. The van der Waals surface area contributed by atoms with Gasteiger partial charge in [0.1, 0.15) is 0 Å². The minimum atomic E-state index is -0.962. The molecule has 100 valence electrons. The first-order valence-electron chi connectivity index (χ1n) is 5.93. The molecular weight excluding hydrogens is 268 g/mol. The van der Waals surface area contributed by atoms with Crippen molar-refractivity contribution in [2.45, 2.75) is 19.4 Å². The molecule has 1 atom stereocenters. The summed E-state index contributed by atoms with van der Waals surface area (Å²) in [7, 11) is 0. The Labute approximate surface area is 116 Å². The van der Waals surface area contributed by atoms with Crippen LogP contribution in [0, 0.1) is 18.6 Å². The molecule has 1 nitrogen and oxygen atoms in total. The fourth-order valence-corrected chi connectivity index (χ4v) is 2.20. The Kier molecular flexibility index (Phi) is 4.17. The van der Waals surface area contributed by atoms with E-state index in [1.807, 2.05) is 31.2 Å². The van der Waals surface area contributed by atoms with Gasteiger partial charge < -0.3 is 5.73 Å². The molecule has 0 aromatic heterocycles. The molecule has 0 bridgehead atoms. The number of aryl methyl sites for hydroxylation is 1. The first kappa shape index (κ1) is 14.0. The van der Waals surface area contributed by atoms with Gasteiger partial charge in [0.15, 0.2) is 11.6 Å². The number of hydrogen-bond donors (Lipinski definition) is 1. The zero-order valence-corrected chi connectivity index (χ0v) is 11.2. The molecule has 1 unspecified atom stereocenters. The zero-order chi connectivity index (χ0) is 14.0. The maximum absolute atomic E-state index is 13.2. The minimum Gasteiger partial charge on any atom is -0.324 e. The summed E-state index contributed by atoms with van der Waals surface area (Å²) < 4.78 is 26.2. The summed E-state index contributed by atoms with van der Waals surface area (Å²) in [6.45, 7) is 2.00. The Morgan fingerprint density at radius 3 is 2.32 bits per heavy atom. The van der Waals surface area contributed by atoms with E-state index >= 15 is 0 Å². The zero-order valence-electron chi connectivity index (χ0n) is 10.5. The second-order valence-corrected chi connectivity index (χ2v) is 4.99. The van der Waals surface area contributed by atoms with Crippen molar-refractivity contribution in [3.05, 3.63) is 69.7 Å². The molecule has 2 aromatic rings. The van der Waals surface area contributed by atoms with E-state index in [4.69, 9.17) is 17.3 Å². The average Bonchev–Trinajstić information content (AvgIpc) is 2.36. The lowest BCUT2D eigenvalue weighted by Crippen LogP contribution is -2.14. The van der Waals surface area contributed by atoms with Crippen molar-refractivity contribution in [2.75, 3.05) is 0 Å². The van der Waals surface area contributed by atoms with Crippen molar-refractivity contribution in [2.24, 2.45) is 5.73 Å². The summed E-state index contributed by atoms with van der Waals surface area (Å²) in [6.07, 6.45) is 0.519. The Morgan fingerprint density at radius 1 is 1.11 bits per heavy atom. The Bertz CT molecular complexity index is 581. The lowest BCUT2D eigenvalue weighted by molar-refractivity contribution is 0.505. The number of nitrogens with two attached hydrogens (primary N) is 1. The average molecular weight is 282 g/mol. The molecule has 2 N–H and O–H groups in total. The molecule has 19 heavy (non-hydrogen) atoms. The van der Waals surface area contributed by atoms with E-state index in [0.717, 1.165) is 23.3 Å². The molecule has 2 rings (SSSR count). The normalized spacial score (nSPS) is 12.5. The van der Waals surface area contributed by atoms with Gasteiger partial charge in [0.05, 0.1) is 0 Å². The lowest BCUT2D eigenvalue weighted by atomic mass is 9.99. The predicted octanol–water partition coefficient (Wildman–Crippen LogP) is 4.17. The smallest absolute Gasteiger partial charge is 0.160 e. The molecule has 0 radical (unpaired) electrons. The van der Waals surface area contributed by atoms with Gasteiger partial charge >= 0.3 is 0 Å². The standard InChI is InChI=1S/C15H14ClF2N/c1-9-2-4-10(5-3-9)6-15(19)11-7-13(17)14(18)8-12(11)16/h2-5,7-8,15H,6,19H2,1H3. The second-order valence-electron chi connectivity index (χ2n) is 4.58. The monoisotopic (exact) mass is 281 g/mol. The van der Waals surface area contributed by atoms with Crippen LogP contribution < -0.4 is 5.73 Å². The van der Waals surface area contributed by atoms with E-state index in [2.05, 4.69) is 0 Å². The third-order valence-electron chi connectivity index (χ3n) is 3.02. The van der Waals surface area contributed by atoms with Gasteiger partial charge in [-0.05, 0) is 36.6 Å². The van der Waals surface area contributed by atoms with E-state index in [9.17, 15) is 8.78 Å². The van der Waals surface area contributed by atoms with Crippen molar-refractivity contribution in [1.29, 1.82) is 0 Å². The van der Waals surface area contributed by atoms with E-state index in [1.165, 1.54) is 0 Å². The highest BCUT2D eigenvalue weighted by atomic mass is 35.5. The van der Waals surface area contributed by atoms with Crippen LogP contribution in [-0.4, -0.2) is 0 Å². The Balaban J connectivity index is 2.22. The van der Waals surface area contributed by atoms with Crippen molar-refractivity contribution in [3.63, 3.8) is 0 Å². The number of hydrogen-bond acceptors (Lipinski definition) is 1. The fourth-order valence-electron chi connectivity index (χ4n) is 1.91. The van der Waals surface area contributed by atoms with Gasteiger partial charge in [0.25, 0.3) is 0 Å². The van der Waals surface area contributed by atoms with Crippen molar-refractivity contribution >= 4 is 11.6 Å². The van der Waals surface area contributed by atoms with Crippen LogP contribution in [0.2, 0.25) is 5.02 Å². The molecule has 0 fully saturated rings. The third-order valence-corrected chi connectivity index (χ3v) is 3.34. The van der Waals surface area contributed by atoms with Crippen LogP contribution in [-0.2, 0) is 6.42 Å². The lowest BCUT2D eigenvalue weighted by Gasteiger charge is -2.14. The maximum Gasteiger partial charge on any atom is 0.160 e. The van der Waals surface area contributed by atoms with Crippen LogP contribution in [0.25, 0.3) is 0 Å². The van der Waals surface area contributed by atoms with Crippen LogP contribution in [0.4, 0.5) is 8.78 Å². The van der Waals surface area contributed by atoms with Crippen molar-refractivity contribution in [3.8, 4) is 0 Å². The molecule has 0 spiro atoms. The summed E-state index contributed by atoms with van der Waals surface area (Å²) in [6, 6.07) is 9.44. The molecular formula is C15H14ClF2N. The molecule has 0 aliphatic rings. The molecule has 0 saturated heterocycles. The van der Waals surface area contributed by atoms with E-state index < -0.39 is 17.7 Å². The van der Waals surface area contributed by atoms with Gasteiger partial charge in [-0.25, -0.2) is 8.78 Å².